The number of amides is 1. The van der Waals surface area contributed by atoms with Gasteiger partial charge in [0.25, 0.3) is 0 Å². The Morgan fingerprint density at radius 3 is 1.83 bits per heavy atom. The van der Waals surface area contributed by atoms with Crippen LogP contribution in [-0.2, 0) is 4.79 Å². The highest BCUT2D eigenvalue weighted by atomic mass is 16.1. The van der Waals surface area contributed by atoms with Gasteiger partial charge in [-0.3, -0.25) is 4.79 Å². The molecular formula is C20H42N2O. The third kappa shape index (κ3) is 17.6. The van der Waals surface area contributed by atoms with Crippen LogP contribution in [0.15, 0.2) is 0 Å². The summed E-state index contributed by atoms with van der Waals surface area (Å²) in [5.74, 6) is 0.212. The molecule has 0 aliphatic rings. The number of rotatable bonds is 17. The number of hydrogen-bond donors (Lipinski definition) is 1. The van der Waals surface area contributed by atoms with E-state index in [0.29, 0.717) is 6.42 Å². The lowest BCUT2D eigenvalue weighted by Gasteiger charge is -2.15. The van der Waals surface area contributed by atoms with Crippen molar-refractivity contribution in [1.82, 2.24) is 10.2 Å². The molecule has 1 N–H and O–H groups in total. The Kier molecular flexibility index (Phi) is 17.3. The number of nitrogens with zero attached hydrogens (tertiary/aromatic N) is 1. The first-order valence-electron chi connectivity index (χ1n) is 10.2. The normalized spacial score (nSPS) is 11.1. The van der Waals surface area contributed by atoms with Gasteiger partial charge in [-0.1, -0.05) is 78.1 Å². The van der Waals surface area contributed by atoms with Crippen LogP contribution in [0.5, 0.6) is 0 Å². The van der Waals surface area contributed by atoms with Crippen LogP contribution in [0.1, 0.15) is 97.3 Å². The van der Waals surface area contributed by atoms with Crippen LogP contribution in [-0.4, -0.2) is 37.5 Å². The molecule has 0 bridgehead atoms. The molecule has 0 atom stereocenters. The lowest BCUT2D eigenvalue weighted by atomic mass is 10.1. The van der Waals surface area contributed by atoms with E-state index in [1.807, 2.05) is 0 Å². The predicted molar refractivity (Wildman–Crippen MR) is 102 cm³/mol. The number of hydrogen-bond acceptors (Lipinski definition) is 2. The topological polar surface area (TPSA) is 32.3 Å². The molecule has 0 radical (unpaired) electrons. The summed E-state index contributed by atoms with van der Waals surface area (Å²) < 4.78 is 0. The van der Waals surface area contributed by atoms with E-state index in [-0.39, 0.29) is 5.91 Å². The molecular weight excluding hydrogens is 284 g/mol. The minimum Gasteiger partial charge on any atom is -0.356 e. The highest BCUT2D eigenvalue weighted by Gasteiger charge is 2.03. The molecule has 0 saturated carbocycles. The van der Waals surface area contributed by atoms with Gasteiger partial charge in [0.1, 0.15) is 0 Å². The average molecular weight is 327 g/mol. The van der Waals surface area contributed by atoms with Crippen LogP contribution < -0.4 is 5.32 Å². The molecule has 0 heterocycles. The molecule has 138 valence electrons. The number of carbonyl (C=O) groups is 1. The first-order valence-corrected chi connectivity index (χ1v) is 10.2. The minimum atomic E-state index is 0.212. The van der Waals surface area contributed by atoms with E-state index in [9.17, 15) is 4.79 Å². The molecule has 0 aromatic rings. The minimum absolute atomic E-state index is 0.212. The number of nitrogens with one attached hydrogen (secondary N) is 1. The highest BCUT2D eigenvalue weighted by molar-refractivity contribution is 5.75. The van der Waals surface area contributed by atoms with Gasteiger partial charge in [0.15, 0.2) is 0 Å². The van der Waals surface area contributed by atoms with E-state index >= 15 is 0 Å². The Morgan fingerprint density at radius 1 is 0.739 bits per heavy atom. The van der Waals surface area contributed by atoms with Crippen molar-refractivity contribution in [2.24, 2.45) is 0 Å². The molecule has 0 fully saturated rings. The van der Waals surface area contributed by atoms with Crippen LogP contribution in [0.25, 0.3) is 0 Å². The summed E-state index contributed by atoms with van der Waals surface area (Å²) in [7, 11) is 2.10. The fourth-order valence-electron chi connectivity index (χ4n) is 2.76. The third-order valence-corrected chi connectivity index (χ3v) is 4.47. The van der Waals surface area contributed by atoms with Crippen LogP contribution in [0, 0.1) is 0 Å². The fraction of sp³-hybridized carbons (Fsp3) is 0.950. The summed E-state index contributed by atoms with van der Waals surface area (Å²) in [5, 5.41) is 3.05. The lowest BCUT2D eigenvalue weighted by Crippen LogP contribution is -2.29. The predicted octanol–water partition coefficient (Wildman–Crippen LogP) is 5.15. The summed E-state index contributed by atoms with van der Waals surface area (Å²) in [6.07, 6.45) is 16.5. The van der Waals surface area contributed by atoms with Gasteiger partial charge < -0.3 is 10.2 Å². The van der Waals surface area contributed by atoms with Crippen molar-refractivity contribution in [1.29, 1.82) is 0 Å². The van der Waals surface area contributed by atoms with E-state index < -0.39 is 0 Å². The Bertz CT molecular complexity index is 256. The van der Waals surface area contributed by atoms with Crippen LogP contribution >= 0.6 is 0 Å². The molecule has 0 aromatic carbocycles. The quantitative estimate of drug-likeness (QED) is 0.375. The standard InChI is InChI=1S/C20H42N2O/c1-4-6-8-9-10-11-12-13-14-15-17-21-20(23)16-19-22(3)18-7-5-2/h4-19H2,1-3H3,(H,21,23). The summed E-state index contributed by atoms with van der Waals surface area (Å²) in [6, 6.07) is 0. The monoisotopic (exact) mass is 326 g/mol. The van der Waals surface area contributed by atoms with Crippen molar-refractivity contribution in [2.45, 2.75) is 97.3 Å². The molecule has 3 heteroatoms. The van der Waals surface area contributed by atoms with E-state index in [0.717, 1.165) is 26.1 Å². The van der Waals surface area contributed by atoms with Gasteiger partial charge >= 0.3 is 0 Å². The maximum atomic E-state index is 11.7. The van der Waals surface area contributed by atoms with Crippen LogP contribution in [0.4, 0.5) is 0 Å². The summed E-state index contributed by atoms with van der Waals surface area (Å²) in [4.78, 5) is 14.0. The molecule has 3 nitrogen and oxygen atoms in total. The Hall–Kier alpha value is -0.570. The van der Waals surface area contributed by atoms with E-state index in [2.05, 4.69) is 31.1 Å². The zero-order valence-corrected chi connectivity index (χ0v) is 16.2. The van der Waals surface area contributed by atoms with Gasteiger partial charge in [0, 0.05) is 19.5 Å². The maximum Gasteiger partial charge on any atom is 0.221 e. The first-order chi connectivity index (χ1) is 11.2. The molecule has 23 heavy (non-hydrogen) atoms. The average Bonchev–Trinajstić information content (AvgIpc) is 2.56. The molecule has 0 aliphatic heterocycles. The van der Waals surface area contributed by atoms with Crippen molar-refractivity contribution in [3.63, 3.8) is 0 Å². The Labute approximate surface area is 145 Å². The largest absolute Gasteiger partial charge is 0.356 e. The molecule has 0 spiro atoms. The van der Waals surface area contributed by atoms with Crippen LogP contribution in [0.3, 0.4) is 0 Å². The molecule has 0 aromatic heterocycles. The Morgan fingerprint density at radius 2 is 1.26 bits per heavy atom. The van der Waals surface area contributed by atoms with Gasteiger partial charge in [-0.05, 0) is 26.4 Å². The third-order valence-electron chi connectivity index (χ3n) is 4.47. The summed E-state index contributed by atoms with van der Waals surface area (Å²) in [5.41, 5.74) is 0. The molecule has 0 aliphatic carbocycles. The zero-order valence-electron chi connectivity index (χ0n) is 16.2. The molecule has 0 unspecified atom stereocenters. The van der Waals surface area contributed by atoms with Crippen molar-refractivity contribution in [3.05, 3.63) is 0 Å². The molecule has 0 saturated heterocycles. The smallest absolute Gasteiger partial charge is 0.221 e. The van der Waals surface area contributed by atoms with Gasteiger partial charge in [0.05, 0.1) is 0 Å². The second kappa shape index (κ2) is 17.8. The zero-order chi connectivity index (χ0) is 17.2. The van der Waals surface area contributed by atoms with Crippen molar-refractivity contribution in [2.75, 3.05) is 26.7 Å². The van der Waals surface area contributed by atoms with Crippen LogP contribution in [0.2, 0.25) is 0 Å². The van der Waals surface area contributed by atoms with Gasteiger partial charge in [-0.25, -0.2) is 0 Å². The highest BCUT2D eigenvalue weighted by Crippen LogP contribution is 2.10. The second-order valence-corrected chi connectivity index (χ2v) is 6.94. The maximum absolute atomic E-state index is 11.7. The summed E-state index contributed by atoms with van der Waals surface area (Å²) in [6.45, 7) is 7.30. The van der Waals surface area contributed by atoms with Crippen molar-refractivity contribution in [3.8, 4) is 0 Å². The SMILES string of the molecule is CCCCCCCCCCCCNC(=O)CCN(C)CCCC. The second-order valence-electron chi connectivity index (χ2n) is 6.94. The molecule has 0 rings (SSSR count). The van der Waals surface area contributed by atoms with E-state index in [1.54, 1.807) is 0 Å². The Balaban J connectivity index is 3.23. The fourth-order valence-corrected chi connectivity index (χ4v) is 2.76. The first kappa shape index (κ1) is 22.4. The van der Waals surface area contributed by atoms with E-state index in [1.165, 1.54) is 70.6 Å². The summed E-state index contributed by atoms with van der Waals surface area (Å²) >= 11 is 0. The lowest BCUT2D eigenvalue weighted by molar-refractivity contribution is -0.121. The van der Waals surface area contributed by atoms with Gasteiger partial charge in [-0.2, -0.15) is 0 Å². The number of carbonyl (C=O) groups excluding carboxylic acids is 1. The molecule has 1 amide bonds. The van der Waals surface area contributed by atoms with Gasteiger partial charge in [0.2, 0.25) is 5.91 Å². The van der Waals surface area contributed by atoms with Gasteiger partial charge in [-0.15, -0.1) is 0 Å². The van der Waals surface area contributed by atoms with E-state index in [4.69, 9.17) is 0 Å². The number of unbranched alkanes of at least 4 members (excludes halogenated alkanes) is 10. The van der Waals surface area contributed by atoms with Crippen molar-refractivity contribution < 1.29 is 4.79 Å². The van der Waals surface area contributed by atoms with Crippen molar-refractivity contribution >= 4 is 5.91 Å².